The first kappa shape index (κ1) is 27.4. The summed E-state index contributed by atoms with van der Waals surface area (Å²) >= 11 is 0. The Morgan fingerprint density at radius 3 is 1.59 bits per heavy atom. The van der Waals surface area contributed by atoms with Gasteiger partial charge in [0, 0.05) is 19.8 Å². The summed E-state index contributed by atoms with van der Waals surface area (Å²) in [7, 11) is 0. The Balaban J connectivity index is 4.06. The molecule has 0 spiro atoms. The highest BCUT2D eigenvalue weighted by atomic mass is 16.6. The van der Waals surface area contributed by atoms with Crippen molar-refractivity contribution in [3.8, 4) is 0 Å². The van der Waals surface area contributed by atoms with Crippen molar-refractivity contribution in [2.24, 2.45) is 0 Å². The zero-order chi connectivity index (χ0) is 21.7. The van der Waals surface area contributed by atoms with Crippen LogP contribution >= 0.6 is 0 Å². The van der Waals surface area contributed by atoms with E-state index in [2.05, 4.69) is 13.8 Å². The second kappa shape index (κ2) is 19.7. The number of carbonyl (C=O) groups is 3. The molecular formula is C23H42O6. The fourth-order valence-electron chi connectivity index (χ4n) is 2.93. The van der Waals surface area contributed by atoms with Gasteiger partial charge in [-0.1, -0.05) is 78.1 Å². The van der Waals surface area contributed by atoms with Crippen LogP contribution in [0.2, 0.25) is 0 Å². The zero-order valence-electron chi connectivity index (χ0n) is 18.8. The van der Waals surface area contributed by atoms with Gasteiger partial charge in [0.1, 0.15) is 13.2 Å². The third-order valence-corrected chi connectivity index (χ3v) is 4.67. The molecule has 0 aliphatic carbocycles. The molecule has 0 rings (SSSR count). The average molecular weight is 415 g/mol. The minimum absolute atomic E-state index is 0.0792. The molecule has 0 aromatic rings. The average Bonchev–Trinajstić information content (AvgIpc) is 2.69. The van der Waals surface area contributed by atoms with Gasteiger partial charge in [0.25, 0.3) is 0 Å². The lowest BCUT2D eigenvalue weighted by Gasteiger charge is -2.17. The lowest BCUT2D eigenvalue weighted by molar-refractivity contribution is -0.166. The Bertz CT molecular complexity index is 435. The lowest BCUT2D eigenvalue weighted by atomic mass is 10.1. The standard InChI is InChI=1S/C23H42O6/c1-4-6-8-10-11-13-14-16-22(25)28-19-21(18-27-20(3)24)29-23(26)17-15-12-9-7-5-2/h21H,4-19H2,1-3H3. The Morgan fingerprint density at radius 1 is 0.621 bits per heavy atom. The molecule has 1 unspecified atom stereocenters. The van der Waals surface area contributed by atoms with Gasteiger partial charge in [0.2, 0.25) is 0 Å². The molecule has 0 saturated carbocycles. The maximum atomic E-state index is 12.0. The first-order valence-corrected chi connectivity index (χ1v) is 11.5. The Morgan fingerprint density at radius 2 is 1.07 bits per heavy atom. The van der Waals surface area contributed by atoms with Crippen LogP contribution in [0.1, 0.15) is 111 Å². The van der Waals surface area contributed by atoms with E-state index in [1.165, 1.54) is 39.0 Å². The molecule has 0 aromatic carbocycles. The van der Waals surface area contributed by atoms with Crippen molar-refractivity contribution in [2.45, 2.75) is 117 Å². The Labute approximate surface area is 177 Å². The predicted molar refractivity (Wildman–Crippen MR) is 113 cm³/mol. The molecule has 0 fully saturated rings. The molecule has 29 heavy (non-hydrogen) atoms. The number of rotatable bonds is 19. The molecule has 0 N–H and O–H groups in total. The van der Waals surface area contributed by atoms with Gasteiger partial charge in [-0.05, 0) is 12.8 Å². The molecule has 0 aliphatic heterocycles. The van der Waals surface area contributed by atoms with Crippen molar-refractivity contribution < 1.29 is 28.6 Å². The summed E-state index contributed by atoms with van der Waals surface area (Å²) in [5, 5.41) is 0. The van der Waals surface area contributed by atoms with Crippen LogP contribution < -0.4 is 0 Å². The summed E-state index contributed by atoms with van der Waals surface area (Å²) in [5.74, 6) is -1.11. The second-order valence-electron chi connectivity index (χ2n) is 7.63. The minimum atomic E-state index is -0.750. The maximum Gasteiger partial charge on any atom is 0.306 e. The molecule has 0 amide bonds. The highest BCUT2D eigenvalue weighted by molar-refractivity contribution is 5.70. The summed E-state index contributed by atoms with van der Waals surface area (Å²) in [4.78, 5) is 34.9. The second-order valence-corrected chi connectivity index (χ2v) is 7.63. The summed E-state index contributed by atoms with van der Waals surface area (Å²) < 4.78 is 15.5. The van der Waals surface area contributed by atoms with E-state index >= 15 is 0 Å². The summed E-state index contributed by atoms with van der Waals surface area (Å²) in [6.45, 7) is 5.45. The van der Waals surface area contributed by atoms with Crippen molar-refractivity contribution in [1.82, 2.24) is 0 Å². The van der Waals surface area contributed by atoms with Crippen LogP contribution in [0.25, 0.3) is 0 Å². The molecule has 0 radical (unpaired) electrons. The van der Waals surface area contributed by atoms with Crippen LogP contribution in [0, 0.1) is 0 Å². The SMILES string of the molecule is CCCCCCCCCC(=O)OCC(COC(C)=O)OC(=O)CCCCCCC. The number of esters is 3. The van der Waals surface area contributed by atoms with E-state index in [1.54, 1.807) is 0 Å². The van der Waals surface area contributed by atoms with Crippen molar-refractivity contribution >= 4 is 17.9 Å². The number of ether oxygens (including phenoxy) is 3. The Kier molecular flexibility index (Phi) is 18.6. The molecule has 170 valence electrons. The normalized spacial score (nSPS) is 11.7. The number of hydrogen-bond donors (Lipinski definition) is 0. The van der Waals surface area contributed by atoms with Crippen molar-refractivity contribution in [3.05, 3.63) is 0 Å². The quantitative estimate of drug-likeness (QED) is 0.158. The first-order valence-electron chi connectivity index (χ1n) is 11.5. The number of carbonyl (C=O) groups excluding carboxylic acids is 3. The fourth-order valence-corrected chi connectivity index (χ4v) is 2.93. The molecule has 0 heterocycles. The van der Waals surface area contributed by atoms with Gasteiger partial charge in [0.05, 0.1) is 0 Å². The number of unbranched alkanes of at least 4 members (excludes halogenated alkanes) is 10. The van der Waals surface area contributed by atoms with E-state index in [0.29, 0.717) is 12.8 Å². The topological polar surface area (TPSA) is 78.9 Å². The molecule has 6 heteroatoms. The van der Waals surface area contributed by atoms with Gasteiger partial charge in [-0.15, -0.1) is 0 Å². The molecule has 6 nitrogen and oxygen atoms in total. The smallest absolute Gasteiger partial charge is 0.306 e. The minimum Gasteiger partial charge on any atom is -0.462 e. The first-order chi connectivity index (χ1) is 14.0. The van der Waals surface area contributed by atoms with Crippen LogP contribution in [0.5, 0.6) is 0 Å². The molecule has 0 bridgehead atoms. The van der Waals surface area contributed by atoms with Crippen LogP contribution in [0.4, 0.5) is 0 Å². The van der Waals surface area contributed by atoms with E-state index in [-0.39, 0.29) is 25.2 Å². The van der Waals surface area contributed by atoms with Gasteiger partial charge < -0.3 is 14.2 Å². The van der Waals surface area contributed by atoms with E-state index < -0.39 is 12.1 Å². The highest BCUT2D eigenvalue weighted by Crippen LogP contribution is 2.10. The lowest BCUT2D eigenvalue weighted by Crippen LogP contribution is -2.30. The summed E-state index contributed by atoms with van der Waals surface area (Å²) in [6.07, 6.45) is 13.0. The monoisotopic (exact) mass is 414 g/mol. The molecular weight excluding hydrogens is 372 g/mol. The van der Waals surface area contributed by atoms with Gasteiger partial charge in [0.15, 0.2) is 6.10 Å². The third-order valence-electron chi connectivity index (χ3n) is 4.67. The Hall–Kier alpha value is -1.59. The van der Waals surface area contributed by atoms with E-state index in [9.17, 15) is 14.4 Å². The molecule has 0 aliphatic rings. The van der Waals surface area contributed by atoms with Crippen molar-refractivity contribution in [3.63, 3.8) is 0 Å². The van der Waals surface area contributed by atoms with Crippen molar-refractivity contribution in [1.29, 1.82) is 0 Å². The van der Waals surface area contributed by atoms with E-state index in [0.717, 1.165) is 44.9 Å². The van der Waals surface area contributed by atoms with E-state index in [4.69, 9.17) is 14.2 Å². The van der Waals surface area contributed by atoms with Crippen LogP contribution in [-0.2, 0) is 28.6 Å². The molecule has 1 atom stereocenters. The largest absolute Gasteiger partial charge is 0.462 e. The van der Waals surface area contributed by atoms with Gasteiger partial charge >= 0.3 is 17.9 Å². The van der Waals surface area contributed by atoms with Gasteiger partial charge in [-0.25, -0.2) is 0 Å². The maximum absolute atomic E-state index is 12.0. The number of hydrogen-bond acceptors (Lipinski definition) is 6. The fraction of sp³-hybridized carbons (Fsp3) is 0.870. The van der Waals surface area contributed by atoms with Crippen LogP contribution in [0.15, 0.2) is 0 Å². The molecule has 0 saturated heterocycles. The molecule has 0 aromatic heterocycles. The van der Waals surface area contributed by atoms with Crippen LogP contribution in [0.3, 0.4) is 0 Å². The zero-order valence-corrected chi connectivity index (χ0v) is 18.8. The van der Waals surface area contributed by atoms with Crippen LogP contribution in [-0.4, -0.2) is 37.2 Å². The predicted octanol–water partition coefficient (Wildman–Crippen LogP) is 5.51. The van der Waals surface area contributed by atoms with Gasteiger partial charge in [-0.3, -0.25) is 14.4 Å². The van der Waals surface area contributed by atoms with Crippen molar-refractivity contribution in [2.75, 3.05) is 13.2 Å². The third kappa shape index (κ3) is 19.5. The van der Waals surface area contributed by atoms with Gasteiger partial charge in [-0.2, -0.15) is 0 Å². The van der Waals surface area contributed by atoms with E-state index in [1.807, 2.05) is 0 Å². The summed E-state index contributed by atoms with van der Waals surface area (Å²) in [6, 6.07) is 0. The summed E-state index contributed by atoms with van der Waals surface area (Å²) in [5.41, 5.74) is 0. The highest BCUT2D eigenvalue weighted by Gasteiger charge is 2.18.